The summed E-state index contributed by atoms with van der Waals surface area (Å²) in [6.07, 6.45) is 1.99. The Balaban J connectivity index is 1.71. The average Bonchev–Trinajstić information content (AvgIpc) is 3.39. The topological polar surface area (TPSA) is 93.5 Å². The fraction of sp³-hybridized carbons (Fsp3) is 0.226. The van der Waals surface area contributed by atoms with Crippen LogP contribution in [0.3, 0.4) is 0 Å². The molecule has 5 aromatic rings. The first kappa shape index (κ1) is 26.6. The second kappa shape index (κ2) is 10.6. The van der Waals surface area contributed by atoms with Crippen LogP contribution in [-0.4, -0.2) is 30.8 Å². The summed E-state index contributed by atoms with van der Waals surface area (Å²) in [5.41, 5.74) is 7.76. The van der Waals surface area contributed by atoms with Crippen molar-refractivity contribution in [2.75, 3.05) is 12.9 Å². The number of fused-ring (bicyclic) bond motifs is 1. The number of aryl methyl sites for hydroxylation is 4. The zero-order chi connectivity index (χ0) is 27.7. The summed E-state index contributed by atoms with van der Waals surface area (Å²) in [6.45, 7) is 6.52. The molecule has 5 rings (SSSR count). The van der Waals surface area contributed by atoms with Crippen LogP contribution in [0.25, 0.3) is 44.9 Å². The van der Waals surface area contributed by atoms with Crippen LogP contribution >= 0.6 is 0 Å². The molecule has 0 amide bonds. The highest BCUT2D eigenvalue weighted by Gasteiger charge is 2.25. The maximum atomic E-state index is 11.4. The summed E-state index contributed by atoms with van der Waals surface area (Å²) in [5, 5.41) is 0.932. The Bertz CT molecular complexity index is 1780. The van der Waals surface area contributed by atoms with Crippen molar-refractivity contribution in [1.29, 1.82) is 0 Å². The minimum absolute atomic E-state index is 0.265. The quantitative estimate of drug-likeness (QED) is 0.182. The number of aromatic nitrogens is 2. The van der Waals surface area contributed by atoms with Gasteiger partial charge in [0.05, 0.1) is 35.6 Å². The van der Waals surface area contributed by atoms with Crippen molar-refractivity contribution in [2.45, 2.75) is 33.7 Å². The summed E-state index contributed by atoms with van der Waals surface area (Å²) >= 11 is 0. The Kier molecular flexibility index (Phi) is 7.25. The summed E-state index contributed by atoms with van der Waals surface area (Å²) in [5.74, 6) is 1.49. The van der Waals surface area contributed by atoms with E-state index in [2.05, 4.69) is 22.5 Å². The minimum Gasteiger partial charge on any atom is -0.496 e. The fourth-order valence-corrected chi connectivity index (χ4v) is 5.36. The predicted molar refractivity (Wildman–Crippen MR) is 152 cm³/mol. The molecule has 0 unspecified atom stereocenters. The van der Waals surface area contributed by atoms with Crippen LogP contribution in [0.15, 0.2) is 77.3 Å². The molecule has 3 aromatic carbocycles. The number of pyridine rings is 1. The molecule has 8 heteroatoms. The zero-order valence-corrected chi connectivity index (χ0v) is 23.2. The van der Waals surface area contributed by atoms with Crippen LogP contribution in [0.4, 0.5) is 0 Å². The van der Waals surface area contributed by atoms with Crippen molar-refractivity contribution in [3.8, 4) is 39.8 Å². The molecule has 0 aliphatic carbocycles. The standard InChI is InChI=1S/C31H30N2O5S/c1-20-11-12-27-24(15-20)25(31-32-19-30(38-31)26-16-21(2)22(3)17-29(26)37-4)18-28(23-9-6-5-7-10-23)33(27)13-8-14-39(34,35)36/h5-7,9-12,15-19H,8,13-14H2,1-4H3/p+1. The first-order chi connectivity index (χ1) is 18.6. The number of ether oxygens (including phenoxy) is 1. The number of oxazole rings is 1. The summed E-state index contributed by atoms with van der Waals surface area (Å²) in [4.78, 5) is 4.69. The van der Waals surface area contributed by atoms with Gasteiger partial charge in [-0.2, -0.15) is 13.0 Å². The molecule has 0 spiro atoms. The number of hydrogen-bond donors (Lipinski definition) is 1. The molecule has 0 saturated carbocycles. The Labute approximate surface area is 228 Å². The molecule has 2 heterocycles. The third-order valence-corrected chi connectivity index (χ3v) is 7.78. The highest BCUT2D eigenvalue weighted by atomic mass is 32.2. The normalized spacial score (nSPS) is 11.7. The fourth-order valence-electron chi connectivity index (χ4n) is 4.87. The van der Waals surface area contributed by atoms with Crippen molar-refractivity contribution in [2.24, 2.45) is 0 Å². The van der Waals surface area contributed by atoms with Crippen molar-refractivity contribution in [3.63, 3.8) is 0 Å². The van der Waals surface area contributed by atoms with E-state index >= 15 is 0 Å². The molecule has 200 valence electrons. The van der Waals surface area contributed by atoms with Crippen molar-refractivity contribution < 1.29 is 26.7 Å². The Morgan fingerprint density at radius 3 is 2.41 bits per heavy atom. The van der Waals surface area contributed by atoms with Crippen molar-refractivity contribution >= 4 is 21.0 Å². The van der Waals surface area contributed by atoms with Crippen LogP contribution in [0.1, 0.15) is 23.1 Å². The summed E-state index contributed by atoms with van der Waals surface area (Å²) in [6, 6.07) is 22.1. The van der Waals surface area contributed by atoms with Gasteiger partial charge in [-0.15, -0.1) is 0 Å². The number of benzene rings is 3. The molecule has 1 N–H and O–H groups in total. The second-order valence-corrected chi connectivity index (χ2v) is 11.4. The molecule has 39 heavy (non-hydrogen) atoms. The monoisotopic (exact) mass is 543 g/mol. The van der Waals surface area contributed by atoms with E-state index < -0.39 is 10.1 Å². The lowest BCUT2D eigenvalue weighted by atomic mass is 10.0. The van der Waals surface area contributed by atoms with E-state index in [0.717, 1.165) is 55.7 Å². The van der Waals surface area contributed by atoms with Gasteiger partial charge >= 0.3 is 0 Å². The van der Waals surface area contributed by atoms with Gasteiger partial charge in [-0.1, -0.05) is 29.8 Å². The summed E-state index contributed by atoms with van der Waals surface area (Å²) < 4.78 is 46.3. The van der Waals surface area contributed by atoms with Crippen LogP contribution in [0.5, 0.6) is 5.75 Å². The Morgan fingerprint density at radius 2 is 1.69 bits per heavy atom. The number of methoxy groups -OCH3 is 1. The van der Waals surface area contributed by atoms with Crippen LogP contribution < -0.4 is 9.30 Å². The van der Waals surface area contributed by atoms with Crippen molar-refractivity contribution in [3.05, 3.63) is 89.6 Å². The van der Waals surface area contributed by atoms with Gasteiger partial charge in [-0.25, -0.2) is 4.98 Å². The van der Waals surface area contributed by atoms with Gasteiger partial charge in [0.1, 0.15) is 5.75 Å². The van der Waals surface area contributed by atoms with E-state index in [1.54, 1.807) is 13.3 Å². The molecular formula is C31H31N2O5S+. The highest BCUT2D eigenvalue weighted by Crippen LogP contribution is 2.37. The van der Waals surface area contributed by atoms with E-state index in [9.17, 15) is 13.0 Å². The Morgan fingerprint density at radius 1 is 0.949 bits per heavy atom. The van der Waals surface area contributed by atoms with Gasteiger partial charge in [0, 0.05) is 24.1 Å². The molecule has 0 fully saturated rings. The first-order valence-corrected chi connectivity index (χ1v) is 14.3. The van der Waals surface area contributed by atoms with E-state index in [-0.39, 0.29) is 12.2 Å². The van der Waals surface area contributed by atoms with E-state index in [0.29, 0.717) is 18.2 Å². The van der Waals surface area contributed by atoms with Crippen LogP contribution in [0.2, 0.25) is 0 Å². The van der Waals surface area contributed by atoms with Gasteiger partial charge in [0.15, 0.2) is 12.3 Å². The van der Waals surface area contributed by atoms with Gasteiger partial charge in [-0.05, 0) is 62.2 Å². The summed E-state index contributed by atoms with van der Waals surface area (Å²) in [7, 11) is -2.42. The lowest BCUT2D eigenvalue weighted by Gasteiger charge is -2.12. The molecule has 0 radical (unpaired) electrons. The molecule has 0 atom stereocenters. The van der Waals surface area contributed by atoms with E-state index in [1.165, 1.54) is 0 Å². The van der Waals surface area contributed by atoms with Crippen LogP contribution in [-0.2, 0) is 16.7 Å². The molecule has 0 aliphatic heterocycles. The molecule has 0 saturated heterocycles. The smallest absolute Gasteiger partial charge is 0.265 e. The third-order valence-electron chi connectivity index (χ3n) is 6.98. The lowest BCUT2D eigenvalue weighted by Crippen LogP contribution is -2.38. The molecular weight excluding hydrogens is 512 g/mol. The van der Waals surface area contributed by atoms with Gasteiger partial charge in [0.2, 0.25) is 17.1 Å². The molecule has 0 aliphatic rings. The lowest BCUT2D eigenvalue weighted by molar-refractivity contribution is -0.660. The largest absolute Gasteiger partial charge is 0.496 e. The maximum absolute atomic E-state index is 11.4. The minimum atomic E-state index is -4.07. The SMILES string of the molecule is COc1cc(C)c(C)cc1-c1cnc(-c2cc(-c3ccccc3)[n+](CCCS(=O)(=O)O)c3ccc(C)cc23)o1. The van der Waals surface area contributed by atoms with E-state index in [4.69, 9.17) is 9.15 Å². The first-order valence-electron chi connectivity index (χ1n) is 12.7. The molecule has 2 aromatic heterocycles. The maximum Gasteiger partial charge on any atom is 0.265 e. The second-order valence-electron chi connectivity index (χ2n) is 9.79. The average molecular weight is 544 g/mol. The van der Waals surface area contributed by atoms with Gasteiger partial charge in [0.25, 0.3) is 10.1 Å². The molecule has 0 bridgehead atoms. The number of nitrogens with zero attached hydrogens (tertiary/aromatic N) is 2. The highest BCUT2D eigenvalue weighted by molar-refractivity contribution is 7.85. The Hall–Kier alpha value is -4.01. The van der Waals surface area contributed by atoms with Crippen LogP contribution in [0, 0.1) is 20.8 Å². The third kappa shape index (κ3) is 5.57. The zero-order valence-electron chi connectivity index (χ0n) is 22.4. The van der Waals surface area contributed by atoms with Gasteiger partial charge in [-0.3, -0.25) is 4.55 Å². The van der Waals surface area contributed by atoms with E-state index in [1.807, 2.05) is 74.5 Å². The number of hydrogen-bond acceptors (Lipinski definition) is 5. The predicted octanol–water partition coefficient (Wildman–Crippen LogP) is 6.33. The molecule has 7 nitrogen and oxygen atoms in total. The van der Waals surface area contributed by atoms with Gasteiger partial charge < -0.3 is 9.15 Å². The van der Waals surface area contributed by atoms with Crippen molar-refractivity contribution in [1.82, 2.24) is 4.98 Å². The number of rotatable bonds is 8.